The zero-order valence-electron chi connectivity index (χ0n) is 15.4. The number of benzene rings is 2. The van der Waals surface area contributed by atoms with E-state index in [1.807, 2.05) is 50.2 Å². The van der Waals surface area contributed by atoms with Crippen molar-refractivity contribution < 1.29 is 9.15 Å². The predicted molar refractivity (Wildman–Crippen MR) is 104 cm³/mol. The number of hydrogen-bond donors (Lipinski definition) is 0. The van der Waals surface area contributed by atoms with Crippen LogP contribution in [0.5, 0.6) is 5.75 Å². The van der Waals surface area contributed by atoms with Crippen molar-refractivity contribution in [2.24, 2.45) is 7.05 Å². The molecule has 2 aromatic carbocycles. The van der Waals surface area contributed by atoms with Crippen molar-refractivity contribution >= 4 is 21.9 Å². The Kier molecular flexibility index (Phi) is 3.83. The quantitative estimate of drug-likeness (QED) is 0.535. The minimum atomic E-state index is -0.125. The summed E-state index contributed by atoms with van der Waals surface area (Å²) in [6.45, 7) is 6.34. The molecule has 0 atom stereocenters. The minimum Gasteiger partial charge on any atom is -0.488 e. The van der Waals surface area contributed by atoms with Gasteiger partial charge in [-0.2, -0.15) is 0 Å². The molecule has 4 aromatic rings. The molecule has 0 saturated heterocycles. The van der Waals surface area contributed by atoms with Crippen molar-refractivity contribution in [2.75, 3.05) is 0 Å². The van der Waals surface area contributed by atoms with Gasteiger partial charge in [0.15, 0.2) is 5.58 Å². The highest BCUT2D eigenvalue weighted by Crippen LogP contribution is 2.31. The van der Waals surface area contributed by atoms with Gasteiger partial charge in [0.1, 0.15) is 18.1 Å². The van der Waals surface area contributed by atoms with Gasteiger partial charge in [-0.15, -0.1) is 0 Å². The lowest BCUT2D eigenvalue weighted by Gasteiger charge is -2.11. The third-order valence-electron chi connectivity index (χ3n) is 4.95. The largest absolute Gasteiger partial charge is 0.488 e. The molecule has 2 heterocycles. The first-order valence-corrected chi connectivity index (χ1v) is 8.67. The van der Waals surface area contributed by atoms with E-state index in [0.29, 0.717) is 12.2 Å². The third-order valence-corrected chi connectivity index (χ3v) is 4.95. The van der Waals surface area contributed by atoms with Gasteiger partial charge in [0, 0.05) is 23.4 Å². The summed E-state index contributed by atoms with van der Waals surface area (Å²) in [5, 5.41) is 1.85. The summed E-state index contributed by atoms with van der Waals surface area (Å²) in [6.07, 6.45) is 0. The van der Waals surface area contributed by atoms with Crippen LogP contribution in [0.1, 0.15) is 22.5 Å². The van der Waals surface area contributed by atoms with Gasteiger partial charge in [-0.05, 0) is 38.5 Å². The summed E-state index contributed by atoms with van der Waals surface area (Å²) in [7, 11) is 1.77. The summed E-state index contributed by atoms with van der Waals surface area (Å²) in [6, 6.07) is 14.0. The van der Waals surface area contributed by atoms with E-state index in [4.69, 9.17) is 9.15 Å². The molecule has 132 valence electrons. The molecule has 0 aliphatic heterocycles. The van der Waals surface area contributed by atoms with Crippen molar-refractivity contribution in [2.45, 2.75) is 27.4 Å². The number of rotatable bonds is 3. The second-order valence-corrected chi connectivity index (χ2v) is 6.78. The molecule has 0 aliphatic rings. The van der Waals surface area contributed by atoms with Gasteiger partial charge >= 0.3 is 0 Å². The first kappa shape index (κ1) is 16.5. The average Bonchev–Trinajstić information content (AvgIpc) is 2.96. The van der Waals surface area contributed by atoms with E-state index in [0.717, 1.165) is 38.9 Å². The highest BCUT2D eigenvalue weighted by Gasteiger charge is 2.19. The molecule has 4 heteroatoms. The Morgan fingerprint density at radius 1 is 1.08 bits per heavy atom. The fourth-order valence-corrected chi connectivity index (χ4v) is 3.54. The lowest BCUT2D eigenvalue weighted by Crippen LogP contribution is -2.16. The monoisotopic (exact) mass is 347 g/mol. The Morgan fingerprint density at radius 3 is 2.62 bits per heavy atom. The van der Waals surface area contributed by atoms with Gasteiger partial charge in [0.05, 0.1) is 5.52 Å². The Labute approximate surface area is 151 Å². The molecule has 4 nitrogen and oxygen atoms in total. The Morgan fingerprint density at radius 2 is 1.85 bits per heavy atom. The average molecular weight is 347 g/mol. The van der Waals surface area contributed by atoms with Crippen molar-refractivity contribution in [3.8, 4) is 5.75 Å². The Hall–Kier alpha value is -3.01. The van der Waals surface area contributed by atoms with Crippen LogP contribution in [0.25, 0.3) is 21.9 Å². The minimum absolute atomic E-state index is 0.125. The molecular formula is C22H21NO3. The summed E-state index contributed by atoms with van der Waals surface area (Å²) in [5.41, 5.74) is 4.38. The lowest BCUT2D eigenvalue weighted by molar-refractivity contribution is 0.302. The van der Waals surface area contributed by atoms with Crippen molar-refractivity contribution in [3.63, 3.8) is 0 Å². The van der Waals surface area contributed by atoms with Gasteiger partial charge in [-0.25, -0.2) is 0 Å². The van der Waals surface area contributed by atoms with Crippen LogP contribution in [0.15, 0.2) is 51.7 Å². The highest BCUT2D eigenvalue weighted by molar-refractivity contribution is 6.06. The Balaban J connectivity index is 1.87. The summed E-state index contributed by atoms with van der Waals surface area (Å²) in [4.78, 5) is 12.7. The van der Waals surface area contributed by atoms with E-state index in [1.54, 1.807) is 11.6 Å². The molecule has 4 rings (SSSR count). The fraction of sp³-hybridized carbons (Fsp3) is 0.227. The van der Waals surface area contributed by atoms with Crippen LogP contribution in [0.2, 0.25) is 0 Å². The van der Waals surface area contributed by atoms with E-state index in [-0.39, 0.29) is 5.56 Å². The zero-order chi connectivity index (χ0) is 18.4. The summed E-state index contributed by atoms with van der Waals surface area (Å²) >= 11 is 0. The van der Waals surface area contributed by atoms with Crippen LogP contribution >= 0.6 is 0 Å². The standard InChI is InChI=1S/C22H21NO3/c1-13-9-10-19(14(2)11-13)25-12-17-15(3)26-21-20(17)16-7-5-6-8-18(16)23(4)22(21)24/h5-11H,12H2,1-4H3. The topological polar surface area (TPSA) is 44.4 Å². The molecule has 0 aliphatic carbocycles. The maximum absolute atomic E-state index is 12.7. The third kappa shape index (κ3) is 2.49. The number of aryl methyl sites for hydroxylation is 4. The van der Waals surface area contributed by atoms with Gasteiger partial charge in [-0.1, -0.05) is 35.9 Å². The first-order valence-electron chi connectivity index (χ1n) is 8.67. The second kappa shape index (κ2) is 6.06. The number of furan rings is 1. The molecule has 0 unspecified atom stereocenters. The van der Waals surface area contributed by atoms with Crippen LogP contribution in [0.4, 0.5) is 0 Å². The van der Waals surface area contributed by atoms with E-state index < -0.39 is 0 Å². The number of para-hydroxylation sites is 1. The van der Waals surface area contributed by atoms with E-state index in [9.17, 15) is 4.79 Å². The van der Waals surface area contributed by atoms with Crippen LogP contribution in [-0.4, -0.2) is 4.57 Å². The van der Waals surface area contributed by atoms with Crippen LogP contribution < -0.4 is 10.3 Å². The van der Waals surface area contributed by atoms with Crippen molar-refractivity contribution in [1.29, 1.82) is 0 Å². The maximum atomic E-state index is 12.7. The number of hydrogen-bond acceptors (Lipinski definition) is 3. The van der Waals surface area contributed by atoms with E-state index in [2.05, 4.69) is 13.0 Å². The molecule has 0 bridgehead atoms. The van der Waals surface area contributed by atoms with Crippen LogP contribution in [-0.2, 0) is 13.7 Å². The summed E-state index contributed by atoms with van der Waals surface area (Å²) < 4.78 is 13.6. The van der Waals surface area contributed by atoms with Crippen molar-refractivity contribution in [1.82, 2.24) is 4.57 Å². The predicted octanol–water partition coefficient (Wildman–Crippen LogP) is 4.79. The van der Waals surface area contributed by atoms with Gasteiger partial charge in [0.2, 0.25) is 0 Å². The molecule has 0 saturated carbocycles. The number of pyridine rings is 1. The molecule has 0 amide bonds. The molecule has 0 radical (unpaired) electrons. The van der Waals surface area contributed by atoms with E-state index in [1.165, 1.54) is 5.56 Å². The number of ether oxygens (including phenoxy) is 1. The Bertz CT molecular complexity index is 1200. The second-order valence-electron chi connectivity index (χ2n) is 6.78. The first-order chi connectivity index (χ1) is 12.5. The summed E-state index contributed by atoms with van der Waals surface area (Å²) in [5.74, 6) is 1.57. The van der Waals surface area contributed by atoms with E-state index >= 15 is 0 Å². The molecule has 2 aromatic heterocycles. The van der Waals surface area contributed by atoms with Gasteiger partial charge < -0.3 is 13.7 Å². The fourth-order valence-electron chi connectivity index (χ4n) is 3.54. The number of fused-ring (bicyclic) bond motifs is 3. The smallest absolute Gasteiger partial charge is 0.294 e. The van der Waals surface area contributed by atoms with Crippen LogP contribution in [0.3, 0.4) is 0 Å². The molecular weight excluding hydrogens is 326 g/mol. The lowest BCUT2D eigenvalue weighted by atomic mass is 10.1. The normalized spacial score (nSPS) is 11.4. The highest BCUT2D eigenvalue weighted by atomic mass is 16.5. The van der Waals surface area contributed by atoms with Gasteiger partial charge in [-0.3, -0.25) is 4.79 Å². The molecule has 0 spiro atoms. The maximum Gasteiger partial charge on any atom is 0.294 e. The molecule has 0 N–H and O–H groups in total. The van der Waals surface area contributed by atoms with Gasteiger partial charge in [0.25, 0.3) is 5.56 Å². The zero-order valence-corrected chi connectivity index (χ0v) is 15.4. The number of aromatic nitrogens is 1. The molecule has 26 heavy (non-hydrogen) atoms. The van der Waals surface area contributed by atoms with Crippen LogP contribution in [0, 0.1) is 20.8 Å². The van der Waals surface area contributed by atoms with Crippen molar-refractivity contribution in [3.05, 3.63) is 75.3 Å². The SMILES string of the molecule is Cc1ccc(OCc2c(C)oc3c(=O)n(C)c4ccccc4c23)c(C)c1. The number of nitrogens with zero attached hydrogens (tertiary/aromatic N) is 1. The molecule has 0 fully saturated rings.